The Morgan fingerprint density at radius 2 is 2.46 bits per heavy atom. The van der Waals surface area contributed by atoms with Crippen molar-refractivity contribution in [3.8, 4) is 5.75 Å². The summed E-state index contributed by atoms with van der Waals surface area (Å²) in [4.78, 5) is 0. The summed E-state index contributed by atoms with van der Waals surface area (Å²) in [6, 6.07) is 8.69. The van der Waals surface area contributed by atoms with Crippen LogP contribution in [0.4, 0.5) is 0 Å². The van der Waals surface area contributed by atoms with E-state index in [1.807, 2.05) is 18.2 Å². The van der Waals surface area contributed by atoms with E-state index in [4.69, 9.17) is 9.84 Å². The van der Waals surface area contributed by atoms with Crippen molar-refractivity contribution in [2.45, 2.75) is 18.9 Å². The van der Waals surface area contributed by atoms with Crippen molar-refractivity contribution in [1.29, 1.82) is 0 Å². The van der Waals surface area contributed by atoms with Gasteiger partial charge in [-0.25, -0.2) is 0 Å². The Morgan fingerprint density at radius 1 is 1.62 bits per heavy atom. The summed E-state index contributed by atoms with van der Waals surface area (Å²) in [5, 5.41) is 8.88. The van der Waals surface area contributed by atoms with Crippen LogP contribution in [0.3, 0.4) is 0 Å². The second kappa shape index (κ2) is 5.09. The van der Waals surface area contributed by atoms with Crippen LogP contribution in [0.5, 0.6) is 5.75 Å². The molecule has 2 nitrogen and oxygen atoms in total. The van der Waals surface area contributed by atoms with Crippen LogP contribution in [0.25, 0.3) is 0 Å². The first-order valence-electron chi connectivity index (χ1n) is 4.16. The van der Waals surface area contributed by atoms with E-state index in [0.29, 0.717) is 0 Å². The van der Waals surface area contributed by atoms with E-state index in [1.165, 1.54) is 5.56 Å². The number of aliphatic hydroxyl groups excluding tert-OH is 1. The first-order valence-corrected chi connectivity index (χ1v) is 4.16. The third-order valence-corrected chi connectivity index (χ3v) is 2.14. The van der Waals surface area contributed by atoms with Crippen LogP contribution in [0, 0.1) is 6.07 Å². The summed E-state index contributed by atoms with van der Waals surface area (Å²) in [5.74, 6) is 0.902. The molecule has 3 heteroatoms. The zero-order chi connectivity index (χ0) is 8.39. The molecule has 1 N–H and O–H groups in total. The number of hydrogen-bond acceptors (Lipinski definition) is 2. The SMILES string of the molecule is OCC1CCc2c[c-]ccc2O1.[Y+3]. The van der Waals surface area contributed by atoms with Crippen LogP contribution in [-0.4, -0.2) is 17.8 Å². The molecule has 2 rings (SSSR count). The monoisotopic (exact) mass is 252 g/mol. The minimum atomic E-state index is -0.0140. The van der Waals surface area contributed by atoms with E-state index in [-0.39, 0.29) is 45.4 Å². The molecule has 13 heavy (non-hydrogen) atoms. The van der Waals surface area contributed by atoms with Gasteiger partial charge in [0.15, 0.2) is 0 Å². The summed E-state index contributed by atoms with van der Waals surface area (Å²) in [6.07, 6.45) is 1.87. The average Bonchev–Trinajstić information content (AvgIpc) is 2.17. The van der Waals surface area contributed by atoms with Gasteiger partial charge in [-0.15, -0.1) is 11.6 Å². The molecule has 0 saturated carbocycles. The van der Waals surface area contributed by atoms with Crippen LogP contribution in [0.1, 0.15) is 12.0 Å². The Balaban J connectivity index is 0.000000845. The standard InChI is InChI=1S/C10H11O2.Y/c11-7-9-6-5-8-3-1-2-4-10(8)12-9;/h2-4,9,11H,5-7H2;/q-1;+3. The Bertz CT molecular complexity index is 275. The summed E-state index contributed by atoms with van der Waals surface area (Å²) in [5.41, 5.74) is 1.20. The van der Waals surface area contributed by atoms with Gasteiger partial charge in [-0.2, -0.15) is 18.2 Å². The van der Waals surface area contributed by atoms with Gasteiger partial charge in [0.2, 0.25) is 0 Å². The molecule has 0 radical (unpaired) electrons. The molecular weight excluding hydrogens is 241 g/mol. The van der Waals surface area contributed by atoms with Crippen LogP contribution < -0.4 is 4.74 Å². The zero-order valence-corrected chi connectivity index (χ0v) is 10.2. The average molecular weight is 252 g/mol. The molecule has 64 valence electrons. The van der Waals surface area contributed by atoms with Gasteiger partial charge < -0.3 is 9.84 Å². The van der Waals surface area contributed by atoms with Crippen molar-refractivity contribution < 1.29 is 42.6 Å². The van der Waals surface area contributed by atoms with Gasteiger partial charge in [0.1, 0.15) is 6.10 Å². The minimum absolute atomic E-state index is 0. The third kappa shape index (κ3) is 2.52. The number of aliphatic hydroxyl groups is 1. The van der Waals surface area contributed by atoms with Crippen LogP contribution >= 0.6 is 0 Å². The van der Waals surface area contributed by atoms with Crippen LogP contribution in [0.2, 0.25) is 0 Å². The molecule has 0 spiro atoms. The van der Waals surface area contributed by atoms with Gasteiger partial charge in [-0.3, -0.25) is 0 Å². The smallest absolute Gasteiger partial charge is 0.513 e. The maximum absolute atomic E-state index is 8.88. The summed E-state index contributed by atoms with van der Waals surface area (Å²) in [7, 11) is 0. The largest absolute Gasteiger partial charge is 3.00 e. The fourth-order valence-corrected chi connectivity index (χ4v) is 1.44. The molecule has 1 aromatic rings. The van der Waals surface area contributed by atoms with E-state index in [9.17, 15) is 0 Å². The van der Waals surface area contributed by atoms with Gasteiger partial charge >= 0.3 is 32.7 Å². The van der Waals surface area contributed by atoms with Gasteiger partial charge in [0.25, 0.3) is 0 Å². The number of fused-ring (bicyclic) bond motifs is 1. The van der Waals surface area contributed by atoms with Gasteiger partial charge in [-0.1, -0.05) is 6.42 Å². The summed E-state index contributed by atoms with van der Waals surface area (Å²) in [6.45, 7) is 0.109. The van der Waals surface area contributed by atoms with E-state index in [1.54, 1.807) is 0 Å². The second-order valence-electron chi connectivity index (χ2n) is 2.99. The maximum Gasteiger partial charge on any atom is 3.00 e. The van der Waals surface area contributed by atoms with E-state index in [0.717, 1.165) is 18.6 Å². The first-order chi connectivity index (χ1) is 5.90. The first kappa shape index (κ1) is 11.2. The molecule has 0 amide bonds. The second-order valence-corrected chi connectivity index (χ2v) is 2.99. The predicted molar refractivity (Wildman–Crippen MR) is 45.1 cm³/mol. The molecule has 1 heterocycles. The molecule has 1 atom stereocenters. The van der Waals surface area contributed by atoms with Crippen molar-refractivity contribution in [3.05, 3.63) is 29.8 Å². The molecule has 1 aromatic carbocycles. The maximum atomic E-state index is 8.88. The van der Waals surface area contributed by atoms with Crippen molar-refractivity contribution in [2.75, 3.05) is 6.61 Å². The topological polar surface area (TPSA) is 29.5 Å². The fourth-order valence-electron chi connectivity index (χ4n) is 1.44. The Hall–Kier alpha value is 0.0839. The number of hydrogen-bond donors (Lipinski definition) is 1. The number of rotatable bonds is 1. The van der Waals surface area contributed by atoms with Crippen LogP contribution in [0.15, 0.2) is 18.2 Å². The Labute approximate surface area is 103 Å². The third-order valence-electron chi connectivity index (χ3n) is 2.14. The van der Waals surface area contributed by atoms with Crippen LogP contribution in [-0.2, 0) is 39.1 Å². The summed E-state index contributed by atoms with van der Waals surface area (Å²) < 4.78 is 5.51. The molecule has 0 aliphatic carbocycles. The molecule has 1 unspecified atom stereocenters. The van der Waals surface area contributed by atoms with Crippen molar-refractivity contribution in [2.24, 2.45) is 0 Å². The molecule has 0 saturated heterocycles. The van der Waals surface area contributed by atoms with Crippen molar-refractivity contribution in [3.63, 3.8) is 0 Å². The Kier molecular flexibility index (Phi) is 4.37. The predicted octanol–water partition coefficient (Wildman–Crippen LogP) is 1.17. The number of benzene rings is 1. The Morgan fingerprint density at radius 3 is 3.23 bits per heavy atom. The number of ether oxygens (including phenoxy) is 1. The van der Waals surface area contributed by atoms with E-state index >= 15 is 0 Å². The number of aryl methyl sites for hydroxylation is 1. The van der Waals surface area contributed by atoms with E-state index < -0.39 is 0 Å². The molecule has 0 bridgehead atoms. The zero-order valence-electron chi connectivity index (χ0n) is 7.36. The van der Waals surface area contributed by atoms with Gasteiger partial charge in [0.05, 0.1) is 6.61 Å². The van der Waals surface area contributed by atoms with Crippen molar-refractivity contribution >= 4 is 0 Å². The van der Waals surface area contributed by atoms with Gasteiger partial charge in [-0.05, 0) is 6.42 Å². The normalized spacial score (nSPS) is 19.6. The molecule has 0 aromatic heterocycles. The molecule has 1 aliphatic rings. The minimum Gasteiger partial charge on any atom is -0.513 e. The van der Waals surface area contributed by atoms with E-state index in [2.05, 4.69) is 6.07 Å². The molecule has 0 fully saturated rings. The van der Waals surface area contributed by atoms with Crippen molar-refractivity contribution in [1.82, 2.24) is 0 Å². The quantitative estimate of drug-likeness (QED) is 0.760. The molecular formula is C10H11O2Y+2. The fraction of sp³-hybridized carbons (Fsp3) is 0.400. The molecule has 1 aliphatic heterocycles. The summed E-state index contributed by atoms with van der Waals surface area (Å²) >= 11 is 0. The van der Waals surface area contributed by atoms with Gasteiger partial charge in [0, 0.05) is 5.75 Å².